The Morgan fingerprint density at radius 1 is 1.19 bits per heavy atom. The minimum atomic E-state index is -2.21. The number of carbonyl (C=O) groups excluding carboxylic acids is 1. The smallest absolute Gasteiger partial charge is 0.340 e. The van der Waals surface area contributed by atoms with Crippen LogP contribution in [-0.4, -0.2) is 33.4 Å². The first-order valence-corrected chi connectivity index (χ1v) is 8.08. The van der Waals surface area contributed by atoms with Gasteiger partial charge in [-0.25, -0.2) is 9.79 Å². The molecular weight excluding hydrogens is 222 g/mol. The van der Waals surface area contributed by atoms with Crippen LogP contribution in [0.5, 0.6) is 0 Å². The van der Waals surface area contributed by atoms with E-state index in [0.29, 0.717) is 6.54 Å². The lowest BCUT2D eigenvalue weighted by Crippen LogP contribution is -2.45. The predicted molar refractivity (Wildman–Crippen MR) is 66.5 cm³/mol. The number of hydrogen-bond acceptors (Lipinski definition) is 4. The Morgan fingerprint density at radius 3 is 2.00 bits per heavy atom. The molecule has 5 heteroatoms. The summed E-state index contributed by atoms with van der Waals surface area (Å²) < 4.78 is 11.9. The van der Waals surface area contributed by atoms with Gasteiger partial charge >= 0.3 is 8.56 Å². The van der Waals surface area contributed by atoms with Crippen molar-refractivity contribution in [2.75, 3.05) is 6.54 Å². The van der Waals surface area contributed by atoms with Crippen molar-refractivity contribution in [2.24, 2.45) is 4.99 Å². The van der Waals surface area contributed by atoms with E-state index in [2.05, 4.69) is 11.9 Å². The molecule has 0 aliphatic rings. The van der Waals surface area contributed by atoms with Gasteiger partial charge in [-0.15, -0.1) is 0 Å². The van der Waals surface area contributed by atoms with Gasteiger partial charge in [-0.2, -0.15) is 0 Å². The molecule has 0 rings (SSSR count). The van der Waals surface area contributed by atoms with E-state index in [1.807, 2.05) is 27.7 Å². The van der Waals surface area contributed by atoms with Crippen LogP contribution in [0.25, 0.3) is 0 Å². The van der Waals surface area contributed by atoms with Crippen LogP contribution in [0.1, 0.15) is 34.6 Å². The number of nitrogens with zero attached hydrogens (tertiary/aromatic N) is 1. The van der Waals surface area contributed by atoms with E-state index < -0.39 is 8.56 Å². The van der Waals surface area contributed by atoms with Crippen molar-refractivity contribution in [2.45, 2.75) is 58.9 Å². The average molecular weight is 245 g/mol. The summed E-state index contributed by atoms with van der Waals surface area (Å²) in [7, 11) is -2.21. The van der Waals surface area contributed by atoms with Crippen molar-refractivity contribution >= 4 is 14.6 Å². The van der Waals surface area contributed by atoms with E-state index >= 15 is 0 Å². The molecule has 0 unspecified atom stereocenters. The molecule has 0 aliphatic carbocycles. The maximum absolute atomic E-state index is 10.1. The van der Waals surface area contributed by atoms with E-state index in [9.17, 15) is 4.79 Å². The third kappa shape index (κ3) is 6.18. The van der Waals surface area contributed by atoms with Gasteiger partial charge < -0.3 is 8.85 Å². The molecule has 0 saturated heterocycles. The van der Waals surface area contributed by atoms with Gasteiger partial charge in [0.25, 0.3) is 0 Å². The normalized spacial score (nSPS) is 11.9. The second kappa shape index (κ2) is 7.74. The summed E-state index contributed by atoms with van der Waals surface area (Å²) in [6.07, 6.45) is 1.85. The Bertz CT molecular complexity index is 227. The molecule has 0 aliphatic heterocycles. The fourth-order valence-corrected chi connectivity index (χ4v) is 4.77. The summed E-state index contributed by atoms with van der Waals surface area (Å²) in [5, 5.41) is 0. The first-order valence-electron chi connectivity index (χ1n) is 5.85. The molecule has 0 aromatic heterocycles. The lowest BCUT2D eigenvalue weighted by molar-refractivity contribution is 0.105. The number of rotatable bonds is 8. The molecule has 0 amide bonds. The molecule has 4 nitrogen and oxygen atoms in total. The second-order valence-corrected chi connectivity index (χ2v) is 7.82. The van der Waals surface area contributed by atoms with Crippen LogP contribution in [0.2, 0.25) is 12.1 Å². The van der Waals surface area contributed by atoms with Crippen molar-refractivity contribution in [1.29, 1.82) is 0 Å². The van der Waals surface area contributed by atoms with Gasteiger partial charge in [0.05, 0.1) is 6.54 Å². The molecule has 0 aromatic rings. The van der Waals surface area contributed by atoms with Crippen LogP contribution in [0.4, 0.5) is 0 Å². The first kappa shape index (κ1) is 15.5. The van der Waals surface area contributed by atoms with Crippen molar-refractivity contribution in [1.82, 2.24) is 0 Å². The van der Waals surface area contributed by atoms with Gasteiger partial charge in [-0.3, -0.25) is 0 Å². The zero-order chi connectivity index (χ0) is 12.6. The van der Waals surface area contributed by atoms with Gasteiger partial charge in [-0.05, 0) is 33.7 Å². The van der Waals surface area contributed by atoms with Crippen molar-refractivity contribution in [3.63, 3.8) is 0 Å². The molecule has 0 spiro atoms. The molecule has 0 atom stereocenters. The van der Waals surface area contributed by atoms with Gasteiger partial charge in [0.15, 0.2) is 0 Å². The number of aliphatic imine (C=N–C) groups is 1. The topological polar surface area (TPSA) is 47.9 Å². The fourth-order valence-electron chi connectivity index (χ4n) is 1.62. The van der Waals surface area contributed by atoms with Crippen molar-refractivity contribution in [3.05, 3.63) is 0 Å². The Kier molecular flexibility index (Phi) is 7.50. The first-order chi connectivity index (χ1) is 7.45. The Hall–Kier alpha value is -0.483. The quantitative estimate of drug-likeness (QED) is 0.375. The molecule has 94 valence electrons. The standard InChI is InChI=1S/C11H23NO3Si/c1-6-16(14-10(2)3,15-11(4)5)8-7-12-9-13/h10-11H,6-8H2,1-5H3. The molecule has 0 fully saturated rings. The molecule has 0 aromatic carbocycles. The molecular formula is C11H23NO3Si. The average Bonchev–Trinajstić information content (AvgIpc) is 2.16. The zero-order valence-electron chi connectivity index (χ0n) is 10.9. The fraction of sp³-hybridized carbons (Fsp3) is 0.909. The monoisotopic (exact) mass is 245 g/mol. The van der Waals surface area contributed by atoms with E-state index in [-0.39, 0.29) is 12.2 Å². The SMILES string of the molecule is CC[Si](CCN=C=O)(OC(C)C)OC(C)C. The van der Waals surface area contributed by atoms with Gasteiger partial charge in [-0.1, -0.05) is 6.92 Å². The van der Waals surface area contributed by atoms with Crippen LogP contribution in [0.3, 0.4) is 0 Å². The summed E-state index contributed by atoms with van der Waals surface area (Å²) >= 11 is 0. The summed E-state index contributed by atoms with van der Waals surface area (Å²) in [6, 6.07) is 1.59. The summed E-state index contributed by atoms with van der Waals surface area (Å²) in [5.41, 5.74) is 0. The predicted octanol–water partition coefficient (Wildman–Crippen LogP) is 2.63. The minimum absolute atomic E-state index is 0.144. The van der Waals surface area contributed by atoms with Crippen LogP contribution >= 0.6 is 0 Å². The second-order valence-electron chi connectivity index (χ2n) is 4.32. The zero-order valence-corrected chi connectivity index (χ0v) is 11.9. The van der Waals surface area contributed by atoms with E-state index in [0.717, 1.165) is 12.1 Å². The van der Waals surface area contributed by atoms with Gasteiger partial charge in [0.2, 0.25) is 6.08 Å². The largest absolute Gasteiger partial charge is 0.392 e. The Morgan fingerprint density at radius 2 is 1.69 bits per heavy atom. The molecule has 16 heavy (non-hydrogen) atoms. The van der Waals surface area contributed by atoms with Crippen LogP contribution in [-0.2, 0) is 13.6 Å². The summed E-state index contributed by atoms with van der Waals surface area (Å²) in [5.74, 6) is 0. The van der Waals surface area contributed by atoms with E-state index in [4.69, 9.17) is 8.85 Å². The van der Waals surface area contributed by atoms with Crippen LogP contribution in [0.15, 0.2) is 4.99 Å². The molecule has 0 N–H and O–H groups in total. The highest BCUT2D eigenvalue weighted by atomic mass is 28.4. The van der Waals surface area contributed by atoms with E-state index in [1.54, 1.807) is 6.08 Å². The Labute approximate surface area is 99.3 Å². The third-order valence-corrected chi connectivity index (χ3v) is 5.97. The highest BCUT2D eigenvalue weighted by Gasteiger charge is 2.37. The lowest BCUT2D eigenvalue weighted by Gasteiger charge is -2.33. The van der Waals surface area contributed by atoms with Crippen LogP contribution < -0.4 is 0 Å². The maximum Gasteiger partial charge on any atom is 0.340 e. The number of hydrogen-bond donors (Lipinski definition) is 0. The molecule has 0 radical (unpaired) electrons. The van der Waals surface area contributed by atoms with Crippen molar-refractivity contribution < 1.29 is 13.6 Å². The van der Waals surface area contributed by atoms with Gasteiger partial charge in [0.1, 0.15) is 0 Å². The minimum Gasteiger partial charge on any atom is -0.392 e. The highest BCUT2D eigenvalue weighted by molar-refractivity contribution is 6.67. The third-order valence-electron chi connectivity index (χ3n) is 2.11. The number of isocyanates is 1. The molecule has 0 heterocycles. The van der Waals surface area contributed by atoms with Crippen LogP contribution in [0, 0.1) is 0 Å². The van der Waals surface area contributed by atoms with E-state index in [1.165, 1.54) is 0 Å². The maximum atomic E-state index is 10.1. The summed E-state index contributed by atoms with van der Waals surface area (Å²) in [4.78, 5) is 13.7. The Balaban J connectivity index is 4.58. The molecule has 0 bridgehead atoms. The van der Waals surface area contributed by atoms with Crippen molar-refractivity contribution in [3.8, 4) is 0 Å². The highest BCUT2D eigenvalue weighted by Crippen LogP contribution is 2.22. The van der Waals surface area contributed by atoms with Gasteiger partial charge in [0, 0.05) is 18.3 Å². The summed E-state index contributed by atoms with van der Waals surface area (Å²) in [6.45, 7) is 10.5. The lowest BCUT2D eigenvalue weighted by atomic mass is 10.5. The molecule has 0 saturated carbocycles.